The van der Waals surface area contributed by atoms with Crippen LogP contribution in [0.25, 0.3) is 0 Å². The summed E-state index contributed by atoms with van der Waals surface area (Å²) in [5, 5.41) is 10.4. The van der Waals surface area contributed by atoms with E-state index in [4.69, 9.17) is 0 Å². The van der Waals surface area contributed by atoms with Gasteiger partial charge in [-0.1, -0.05) is 12.1 Å². The minimum atomic E-state index is -0.612. The number of hydrogen-bond acceptors (Lipinski definition) is 6. The fourth-order valence-electron chi connectivity index (χ4n) is 1.81. The number of thiazole rings is 1. The van der Waals surface area contributed by atoms with Gasteiger partial charge in [-0.05, 0) is 23.5 Å². The van der Waals surface area contributed by atoms with Gasteiger partial charge in [0.15, 0.2) is 0 Å². The van der Waals surface area contributed by atoms with E-state index in [9.17, 15) is 19.7 Å². The number of rotatable bonds is 2. The van der Waals surface area contributed by atoms with Crippen LogP contribution < -0.4 is 4.90 Å². The molecule has 0 unspecified atom stereocenters. The Balaban J connectivity index is 2.06. The van der Waals surface area contributed by atoms with Gasteiger partial charge in [-0.3, -0.25) is 19.7 Å². The molecule has 0 spiro atoms. The lowest BCUT2D eigenvalue weighted by Gasteiger charge is -2.07. The molecule has 2 heterocycles. The molecule has 1 aliphatic rings. The molecule has 1 aliphatic heterocycles. The first kappa shape index (κ1) is 11.5. The van der Waals surface area contributed by atoms with Crippen LogP contribution in [-0.2, 0) is 0 Å². The first-order chi connectivity index (χ1) is 9.09. The van der Waals surface area contributed by atoms with Gasteiger partial charge in [0.1, 0.15) is 6.20 Å². The molecule has 94 valence electrons. The maximum absolute atomic E-state index is 12.1. The number of fused-ring (bicyclic) bond motifs is 1. The van der Waals surface area contributed by atoms with Gasteiger partial charge in [0.05, 0.1) is 16.1 Å². The van der Waals surface area contributed by atoms with Gasteiger partial charge in [0.25, 0.3) is 11.8 Å². The maximum atomic E-state index is 12.1. The van der Waals surface area contributed by atoms with Crippen LogP contribution in [0.5, 0.6) is 0 Å². The molecule has 0 N–H and O–H groups in total. The van der Waals surface area contributed by atoms with Crippen molar-refractivity contribution in [3.05, 3.63) is 51.7 Å². The standard InChI is InChI=1S/C11H5N3O4S/c15-9-6-3-1-2-4-7(6)10(16)13(9)11-12-5-8(19-11)14(17)18/h1-5H. The molecule has 0 aliphatic carbocycles. The smallest absolute Gasteiger partial charge is 0.268 e. The van der Waals surface area contributed by atoms with Crippen molar-refractivity contribution < 1.29 is 14.5 Å². The zero-order chi connectivity index (χ0) is 13.6. The maximum Gasteiger partial charge on any atom is 0.345 e. The Morgan fingerprint density at radius 3 is 2.21 bits per heavy atom. The zero-order valence-corrected chi connectivity index (χ0v) is 10.1. The molecule has 1 aromatic heterocycles. The minimum absolute atomic E-state index is 0.0119. The van der Waals surface area contributed by atoms with E-state index < -0.39 is 16.7 Å². The molecule has 8 heteroatoms. The van der Waals surface area contributed by atoms with E-state index in [0.717, 1.165) is 11.1 Å². The van der Waals surface area contributed by atoms with E-state index in [1.165, 1.54) is 12.1 Å². The van der Waals surface area contributed by atoms with Crippen LogP contribution in [0.2, 0.25) is 0 Å². The van der Waals surface area contributed by atoms with Gasteiger partial charge in [0.2, 0.25) is 5.13 Å². The Kier molecular flexibility index (Phi) is 2.39. The van der Waals surface area contributed by atoms with Crippen LogP contribution in [0.3, 0.4) is 0 Å². The van der Waals surface area contributed by atoms with Crippen LogP contribution >= 0.6 is 11.3 Å². The van der Waals surface area contributed by atoms with E-state index in [2.05, 4.69) is 4.98 Å². The summed E-state index contributed by atoms with van der Waals surface area (Å²) in [6, 6.07) is 6.38. The van der Waals surface area contributed by atoms with Crippen LogP contribution in [-0.4, -0.2) is 21.7 Å². The highest BCUT2D eigenvalue weighted by Gasteiger charge is 2.38. The monoisotopic (exact) mass is 275 g/mol. The van der Waals surface area contributed by atoms with E-state index >= 15 is 0 Å². The highest BCUT2D eigenvalue weighted by molar-refractivity contribution is 7.19. The SMILES string of the molecule is O=C1c2ccccc2C(=O)N1c1ncc([N+](=O)[O-])s1. The van der Waals surface area contributed by atoms with Gasteiger partial charge in [-0.2, -0.15) is 0 Å². The summed E-state index contributed by atoms with van der Waals surface area (Å²) >= 11 is 0.690. The number of carbonyl (C=O) groups excluding carboxylic acids is 2. The summed E-state index contributed by atoms with van der Waals surface area (Å²) in [5.74, 6) is -1.02. The Morgan fingerprint density at radius 2 is 1.74 bits per heavy atom. The van der Waals surface area contributed by atoms with E-state index in [0.29, 0.717) is 11.3 Å². The molecule has 3 rings (SSSR count). The van der Waals surface area contributed by atoms with E-state index in [1.54, 1.807) is 12.1 Å². The van der Waals surface area contributed by atoms with Crippen molar-refractivity contribution in [2.75, 3.05) is 4.90 Å². The van der Waals surface area contributed by atoms with Crippen molar-refractivity contribution in [2.45, 2.75) is 0 Å². The van der Waals surface area contributed by atoms with Crippen molar-refractivity contribution in [1.82, 2.24) is 4.98 Å². The Bertz CT molecular complexity index is 689. The van der Waals surface area contributed by atoms with E-state index in [-0.39, 0.29) is 21.3 Å². The molecule has 0 radical (unpaired) electrons. The van der Waals surface area contributed by atoms with Gasteiger partial charge >= 0.3 is 5.00 Å². The molecule has 0 saturated carbocycles. The molecule has 0 atom stereocenters. The molecule has 1 aromatic carbocycles. The Labute approximate surface area is 110 Å². The van der Waals surface area contributed by atoms with Gasteiger partial charge in [-0.15, -0.1) is 0 Å². The number of imide groups is 1. The third-order valence-corrected chi connectivity index (χ3v) is 3.58. The fraction of sp³-hybridized carbons (Fsp3) is 0. The lowest BCUT2D eigenvalue weighted by atomic mass is 10.1. The minimum Gasteiger partial charge on any atom is -0.268 e. The average Bonchev–Trinajstić information content (AvgIpc) is 2.96. The summed E-state index contributed by atoms with van der Waals surface area (Å²) in [6.07, 6.45) is 1.03. The quantitative estimate of drug-likeness (QED) is 0.473. The number of anilines is 1. The normalized spacial score (nSPS) is 13.8. The zero-order valence-electron chi connectivity index (χ0n) is 9.27. The number of hydrogen-bond donors (Lipinski definition) is 0. The van der Waals surface area contributed by atoms with Crippen LogP contribution in [0.4, 0.5) is 10.1 Å². The Hall–Kier alpha value is -2.61. The number of amides is 2. The Morgan fingerprint density at radius 1 is 1.16 bits per heavy atom. The summed E-state index contributed by atoms with van der Waals surface area (Å²) in [7, 11) is 0. The van der Waals surface area contributed by atoms with Crippen LogP contribution in [0, 0.1) is 10.1 Å². The van der Waals surface area contributed by atoms with Crippen LogP contribution in [0.15, 0.2) is 30.5 Å². The third kappa shape index (κ3) is 1.61. The predicted molar refractivity (Wildman–Crippen MR) is 66.4 cm³/mol. The number of nitro groups is 1. The third-order valence-electron chi connectivity index (χ3n) is 2.65. The first-order valence-electron chi connectivity index (χ1n) is 5.17. The molecule has 19 heavy (non-hydrogen) atoms. The van der Waals surface area contributed by atoms with E-state index in [1.807, 2.05) is 0 Å². The molecule has 0 bridgehead atoms. The van der Waals surface area contributed by atoms with Crippen LogP contribution in [0.1, 0.15) is 20.7 Å². The molecular formula is C11H5N3O4S. The highest BCUT2D eigenvalue weighted by atomic mass is 32.1. The second-order valence-corrected chi connectivity index (χ2v) is 4.72. The predicted octanol–water partition coefficient (Wildman–Crippen LogP) is 1.85. The number of nitrogens with zero attached hydrogens (tertiary/aromatic N) is 3. The number of aromatic nitrogens is 1. The topological polar surface area (TPSA) is 93.4 Å². The average molecular weight is 275 g/mol. The number of carbonyl (C=O) groups is 2. The largest absolute Gasteiger partial charge is 0.345 e. The van der Waals surface area contributed by atoms with Crippen molar-refractivity contribution >= 4 is 33.3 Å². The van der Waals surface area contributed by atoms with Crippen molar-refractivity contribution in [2.24, 2.45) is 0 Å². The van der Waals surface area contributed by atoms with Crippen molar-refractivity contribution in [1.29, 1.82) is 0 Å². The molecule has 0 fully saturated rings. The fourth-order valence-corrected chi connectivity index (χ4v) is 2.54. The molecule has 2 amide bonds. The second-order valence-electron chi connectivity index (χ2n) is 3.73. The molecule has 2 aromatic rings. The lowest BCUT2D eigenvalue weighted by molar-refractivity contribution is -0.380. The lowest BCUT2D eigenvalue weighted by Crippen LogP contribution is -2.29. The molecular weight excluding hydrogens is 270 g/mol. The highest BCUT2D eigenvalue weighted by Crippen LogP contribution is 2.33. The first-order valence-corrected chi connectivity index (χ1v) is 5.99. The van der Waals surface area contributed by atoms with Crippen molar-refractivity contribution in [3.63, 3.8) is 0 Å². The summed E-state index contributed by atoms with van der Waals surface area (Å²) in [5.41, 5.74) is 0.565. The molecule has 7 nitrogen and oxygen atoms in total. The molecule has 0 saturated heterocycles. The summed E-state index contributed by atoms with van der Waals surface area (Å²) in [6.45, 7) is 0. The van der Waals surface area contributed by atoms with Crippen molar-refractivity contribution in [3.8, 4) is 0 Å². The summed E-state index contributed by atoms with van der Waals surface area (Å²) < 4.78 is 0. The van der Waals surface area contributed by atoms with Gasteiger partial charge in [0, 0.05) is 0 Å². The summed E-state index contributed by atoms with van der Waals surface area (Å²) in [4.78, 5) is 38.8. The number of benzene rings is 1. The second kappa shape index (κ2) is 3.95. The van der Waals surface area contributed by atoms with Gasteiger partial charge in [-0.25, -0.2) is 9.88 Å². The van der Waals surface area contributed by atoms with Gasteiger partial charge < -0.3 is 0 Å².